The molecule has 0 aliphatic heterocycles. The fourth-order valence-electron chi connectivity index (χ4n) is 7.02. The molecule has 0 atom stereocenters. The molecule has 0 N–H and O–H groups in total. The third kappa shape index (κ3) is 7.34. The van der Waals surface area contributed by atoms with Crippen molar-refractivity contribution in [3.63, 3.8) is 0 Å². The Balaban J connectivity index is 1.22. The fourth-order valence-corrected chi connectivity index (χ4v) is 7.02. The van der Waals surface area contributed by atoms with E-state index in [-0.39, 0.29) is 10.8 Å². The molecule has 0 aliphatic rings. The van der Waals surface area contributed by atoms with Crippen molar-refractivity contribution in [3.8, 4) is 0 Å². The standard InChI is InChI=1S/C40H50/c1-3-39(35-25-15-11-16-26-35,36-27-17-12-18-28-36)33-23-9-7-5-6-8-10-24-34-40(4-2,37-29-19-13-20-30-37)38-31-21-14-22-32-38/h11-22,25-32H,3-10,23-24,33-34H2,1-2H3. The van der Waals surface area contributed by atoms with Gasteiger partial charge in [0.15, 0.2) is 0 Å². The average Bonchev–Trinajstić information content (AvgIpc) is 3.04. The third-order valence-corrected chi connectivity index (χ3v) is 9.47. The Labute approximate surface area is 244 Å². The monoisotopic (exact) mass is 530 g/mol. The van der Waals surface area contributed by atoms with Crippen molar-refractivity contribution < 1.29 is 0 Å². The van der Waals surface area contributed by atoms with E-state index in [9.17, 15) is 0 Å². The van der Waals surface area contributed by atoms with Crippen LogP contribution in [0.4, 0.5) is 0 Å². The molecule has 40 heavy (non-hydrogen) atoms. The fraction of sp³-hybridized carbons (Fsp3) is 0.400. The summed E-state index contributed by atoms with van der Waals surface area (Å²) < 4.78 is 0. The Morgan fingerprint density at radius 1 is 0.325 bits per heavy atom. The quantitative estimate of drug-likeness (QED) is 0.119. The Kier molecular flexibility index (Phi) is 11.7. The third-order valence-electron chi connectivity index (χ3n) is 9.47. The number of rotatable bonds is 17. The van der Waals surface area contributed by atoms with Crippen molar-refractivity contribution in [1.82, 2.24) is 0 Å². The van der Waals surface area contributed by atoms with E-state index in [4.69, 9.17) is 0 Å². The van der Waals surface area contributed by atoms with E-state index in [1.165, 1.54) is 86.5 Å². The van der Waals surface area contributed by atoms with Gasteiger partial charge in [-0.25, -0.2) is 0 Å². The maximum absolute atomic E-state index is 2.36. The van der Waals surface area contributed by atoms with Gasteiger partial charge in [-0.1, -0.05) is 187 Å². The summed E-state index contributed by atoms with van der Waals surface area (Å²) in [6.45, 7) is 4.73. The largest absolute Gasteiger partial charge is 0.0642 e. The first-order chi connectivity index (χ1) is 19.7. The van der Waals surface area contributed by atoms with Crippen LogP contribution in [-0.4, -0.2) is 0 Å². The normalized spacial score (nSPS) is 11.9. The minimum atomic E-state index is 0.131. The average molecular weight is 531 g/mol. The zero-order valence-corrected chi connectivity index (χ0v) is 25.0. The molecule has 0 fully saturated rings. The number of hydrogen-bond donors (Lipinski definition) is 0. The van der Waals surface area contributed by atoms with Gasteiger partial charge in [-0.2, -0.15) is 0 Å². The molecule has 0 aromatic heterocycles. The van der Waals surface area contributed by atoms with Gasteiger partial charge in [-0.15, -0.1) is 0 Å². The molecule has 0 radical (unpaired) electrons. The van der Waals surface area contributed by atoms with Crippen LogP contribution >= 0.6 is 0 Å². The second-order valence-electron chi connectivity index (χ2n) is 11.7. The predicted octanol–water partition coefficient (Wildman–Crippen LogP) is 11.7. The topological polar surface area (TPSA) is 0 Å². The molecule has 0 heteroatoms. The van der Waals surface area contributed by atoms with E-state index >= 15 is 0 Å². The number of unbranched alkanes of at least 4 members (excludes halogenated alkanes) is 7. The molecule has 0 spiro atoms. The zero-order valence-electron chi connectivity index (χ0n) is 25.0. The molecule has 0 saturated heterocycles. The Morgan fingerprint density at radius 3 is 0.775 bits per heavy atom. The summed E-state index contributed by atoms with van der Waals surface area (Å²) in [5, 5.41) is 0. The van der Waals surface area contributed by atoms with Crippen molar-refractivity contribution in [2.24, 2.45) is 0 Å². The van der Waals surface area contributed by atoms with Gasteiger partial charge < -0.3 is 0 Å². The molecule has 210 valence electrons. The number of hydrogen-bond acceptors (Lipinski definition) is 0. The molecular formula is C40H50. The summed E-state index contributed by atoms with van der Waals surface area (Å²) in [4.78, 5) is 0. The van der Waals surface area contributed by atoms with Gasteiger partial charge in [0.05, 0.1) is 0 Å². The van der Waals surface area contributed by atoms with Gasteiger partial charge in [0.25, 0.3) is 0 Å². The first kappa shape index (κ1) is 29.9. The van der Waals surface area contributed by atoms with E-state index in [1.54, 1.807) is 0 Å². The summed E-state index contributed by atoms with van der Waals surface area (Å²) in [6.07, 6.45) is 15.5. The van der Waals surface area contributed by atoms with Crippen LogP contribution in [0.3, 0.4) is 0 Å². The lowest BCUT2D eigenvalue weighted by Crippen LogP contribution is -2.27. The highest BCUT2D eigenvalue weighted by Gasteiger charge is 2.32. The SMILES string of the molecule is CCC(CCCCCCCCCCC(CC)(c1ccccc1)c1ccccc1)(c1ccccc1)c1ccccc1. The van der Waals surface area contributed by atoms with Gasteiger partial charge in [0.1, 0.15) is 0 Å². The van der Waals surface area contributed by atoms with E-state index in [1.807, 2.05) is 0 Å². The molecule has 4 rings (SSSR count). The van der Waals surface area contributed by atoms with Crippen LogP contribution in [0.5, 0.6) is 0 Å². The zero-order chi connectivity index (χ0) is 27.9. The summed E-state index contributed by atoms with van der Waals surface area (Å²) >= 11 is 0. The lowest BCUT2D eigenvalue weighted by Gasteiger charge is -2.34. The molecule has 0 saturated carbocycles. The van der Waals surface area contributed by atoms with Crippen LogP contribution in [0.2, 0.25) is 0 Å². The molecule has 4 aromatic carbocycles. The van der Waals surface area contributed by atoms with Crippen LogP contribution in [0, 0.1) is 0 Å². The van der Waals surface area contributed by atoms with Crippen molar-refractivity contribution in [2.45, 2.75) is 102 Å². The smallest absolute Gasteiger partial charge is 0.0200 e. The van der Waals surface area contributed by atoms with Crippen molar-refractivity contribution >= 4 is 0 Å². The molecule has 0 amide bonds. The van der Waals surface area contributed by atoms with Gasteiger partial charge >= 0.3 is 0 Å². The summed E-state index contributed by atoms with van der Waals surface area (Å²) in [5.74, 6) is 0. The van der Waals surface area contributed by atoms with Crippen molar-refractivity contribution in [2.75, 3.05) is 0 Å². The van der Waals surface area contributed by atoms with Gasteiger partial charge in [-0.05, 0) is 47.9 Å². The summed E-state index contributed by atoms with van der Waals surface area (Å²) in [5.41, 5.74) is 6.14. The minimum absolute atomic E-state index is 0.131. The summed E-state index contributed by atoms with van der Waals surface area (Å²) in [7, 11) is 0. The van der Waals surface area contributed by atoms with E-state index in [2.05, 4.69) is 135 Å². The molecule has 0 nitrogen and oxygen atoms in total. The predicted molar refractivity (Wildman–Crippen MR) is 174 cm³/mol. The van der Waals surface area contributed by atoms with E-state index in [0.29, 0.717) is 0 Å². The maximum Gasteiger partial charge on any atom is 0.0200 e. The van der Waals surface area contributed by atoms with Crippen molar-refractivity contribution in [1.29, 1.82) is 0 Å². The highest BCUT2D eigenvalue weighted by molar-refractivity contribution is 5.40. The van der Waals surface area contributed by atoms with Crippen LogP contribution in [0.25, 0.3) is 0 Å². The van der Waals surface area contributed by atoms with Crippen LogP contribution in [0.1, 0.15) is 113 Å². The van der Waals surface area contributed by atoms with E-state index < -0.39 is 0 Å². The summed E-state index contributed by atoms with van der Waals surface area (Å²) in [6, 6.07) is 44.8. The van der Waals surface area contributed by atoms with Crippen LogP contribution in [0.15, 0.2) is 121 Å². The minimum Gasteiger partial charge on any atom is -0.0642 e. The highest BCUT2D eigenvalue weighted by Crippen LogP contribution is 2.41. The van der Waals surface area contributed by atoms with Crippen molar-refractivity contribution in [3.05, 3.63) is 144 Å². The molecule has 0 bridgehead atoms. The molecule has 0 unspecified atom stereocenters. The Hall–Kier alpha value is -3.12. The van der Waals surface area contributed by atoms with Gasteiger partial charge in [-0.3, -0.25) is 0 Å². The highest BCUT2D eigenvalue weighted by atomic mass is 14.4. The van der Waals surface area contributed by atoms with Gasteiger partial charge in [0.2, 0.25) is 0 Å². The van der Waals surface area contributed by atoms with E-state index in [0.717, 1.165) is 12.8 Å². The lowest BCUT2D eigenvalue weighted by atomic mass is 9.69. The molecule has 4 aromatic rings. The first-order valence-electron chi connectivity index (χ1n) is 16.0. The molecule has 0 aliphatic carbocycles. The first-order valence-corrected chi connectivity index (χ1v) is 16.0. The molecular weight excluding hydrogens is 480 g/mol. The van der Waals surface area contributed by atoms with Crippen LogP contribution < -0.4 is 0 Å². The maximum atomic E-state index is 2.36. The lowest BCUT2D eigenvalue weighted by molar-refractivity contribution is 0.417. The van der Waals surface area contributed by atoms with Crippen LogP contribution in [-0.2, 0) is 10.8 Å². The number of benzene rings is 4. The second kappa shape index (κ2) is 15.6. The molecule has 0 heterocycles. The van der Waals surface area contributed by atoms with Gasteiger partial charge in [0, 0.05) is 10.8 Å². The Morgan fingerprint density at radius 2 is 0.550 bits per heavy atom. The Bertz CT molecular complexity index is 1020. The second-order valence-corrected chi connectivity index (χ2v) is 11.7.